The molecule has 1 aliphatic rings. The van der Waals surface area contributed by atoms with Crippen LogP contribution in [-0.2, 0) is 14.8 Å². The van der Waals surface area contributed by atoms with Crippen LogP contribution in [-0.4, -0.2) is 38.4 Å². The number of nitrogens with one attached hydrogen (secondary N) is 1. The van der Waals surface area contributed by atoms with E-state index < -0.39 is 38.4 Å². The highest BCUT2D eigenvalue weighted by Crippen LogP contribution is 2.21. The number of carbonyl (C=O) groups is 1. The summed E-state index contributed by atoms with van der Waals surface area (Å²) in [6.07, 6.45) is 0.730. The summed E-state index contributed by atoms with van der Waals surface area (Å²) in [6.45, 7) is 2.17. The standard InChI is InChI=1S/C13H15F3N2O3S/c1-8(19)18-6-4-9(5-7-18)17-22(20,21)11-3-2-10(14)12(15)13(11)16/h2-3,9,17H,4-7H2,1H3. The summed E-state index contributed by atoms with van der Waals surface area (Å²) in [6, 6.07) is 0.750. The summed E-state index contributed by atoms with van der Waals surface area (Å²) >= 11 is 0. The first-order valence-electron chi connectivity index (χ1n) is 6.63. The number of nitrogens with zero attached hydrogens (tertiary/aromatic N) is 1. The van der Waals surface area contributed by atoms with E-state index in [0.717, 1.165) is 0 Å². The average Bonchev–Trinajstić information content (AvgIpc) is 2.44. The van der Waals surface area contributed by atoms with Crippen molar-refractivity contribution in [3.8, 4) is 0 Å². The van der Waals surface area contributed by atoms with Crippen LogP contribution in [0.5, 0.6) is 0 Å². The molecule has 0 aliphatic carbocycles. The number of benzene rings is 1. The van der Waals surface area contributed by atoms with Crippen LogP contribution in [0.2, 0.25) is 0 Å². The molecule has 1 fully saturated rings. The van der Waals surface area contributed by atoms with Crippen LogP contribution in [0.1, 0.15) is 19.8 Å². The number of sulfonamides is 1. The van der Waals surface area contributed by atoms with E-state index in [9.17, 15) is 26.4 Å². The molecule has 122 valence electrons. The van der Waals surface area contributed by atoms with E-state index in [1.807, 2.05) is 0 Å². The summed E-state index contributed by atoms with van der Waals surface area (Å²) in [5.41, 5.74) is 0. The molecule has 1 heterocycles. The zero-order valence-corrected chi connectivity index (χ0v) is 12.6. The maximum Gasteiger partial charge on any atom is 0.243 e. The predicted octanol–water partition coefficient (Wildman–Crippen LogP) is 1.39. The summed E-state index contributed by atoms with van der Waals surface area (Å²) in [7, 11) is -4.30. The van der Waals surface area contributed by atoms with Gasteiger partial charge >= 0.3 is 0 Å². The number of likely N-dealkylation sites (tertiary alicyclic amines) is 1. The zero-order chi connectivity index (χ0) is 16.5. The number of halogens is 3. The second kappa shape index (κ2) is 6.25. The van der Waals surface area contributed by atoms with Gasteiger partial charge < -0.3 is 4.90 Å². The van der Waals surface area contributed by atoms with E-state index in [1.54, 1.807) is 4.90 Å². The van der Waals surface area contributed by atoms with Crippen LogP contribution >= 0.6 is 0 Å². The van der Waals surface area contributed by atoms with E-state index >= 15 is 0 Å². The minimum atomic E-state index is -4.30. The average molecular weight is 336 g/mol. The van der Waals surface area contributed by atoms with Crippen molar-refractivity contribution in [1.29, 1.82) is 0 Å². The maximum atomic E-state index is 13.6. The summed E-state index contributed by atoms with van der Waals surface area (Å²) in [5.74, 6) is -5.12. The summed E-state index contributed by atoms with van der Waals surface area (Å²) in [4.78, 5) is 11.8. The fourth-order valence-electron chi connectivity index (χ4n) is 2.31. The summed E-state index contributed by atoms with van der Waals surface area (Å²) < 4.78 is 66.0. The molecule has 9 heteroatoms. The molecule has 1 aromatic rings. The molecule has 1 amide bonds. The van der Waals surface area contributed by atoms with Crippen LogP contribution in [0.15, 0.2) is 17.0 Å². The lowest BCUT2D eigenvalue weighted by Gasteiger charge is -2.31. The first-order chi connectivity index (χ1) is 10.2. The minimum Gasteiger partial charge on any atom is -0.343 e. The van der Waals surface area contributed by atoms with Crippen LogP contribution in [0.4, 0.5) is 13.2 Å². The molecule has 1 saturated heterocycles. The molecule has 0 radical (unpaired) electrons. The molecule has 0 aromatic heterocycles. The second-order valence-electron chi connectivity index (χ2n) is 5.08. The highest BCUT2D eigenvalue weighted by atomic mass is 32.2. The maximum absolute atomic E-state index is 13.6. The van der Waals surface area contributed by atoms with Gasteiger partial charge in [0.2, 0.25) is 15.9 Å². The SMILES string of the molecule is CC(=O)N1CCC(NS(=O)(=O)c2ccc(F)c(F)c2F)CC1. The van der Waals surface area contributed by atoms with Gasteiger partial charge in [-0.05, 0) is 25.0 Å². The molecular formula is C13H15F3N2O3S. The number of amides is 1. The molecule has 0 unspecified atom stereocenters. The van der Waals surface area contributed by atoms with Crippen molar-refractivity contribution in [2.75, 3.05) is 13.1 Å². The molecular weight excluding hydrogens is 321 g/mol. The molecule has 2 rings (SSSR count). The van der Waals surface area contributed by atoms with Gasteiger partial charge in [0, 0.05) is 26.1 Å². The first-order valence-corrected chi connectivity index (χ1v) is 8.12. The van der Waals surface area contributed by atoms with Gasteiger partial charge in [0.15, 0.2) is 17.5 Å². The van der Waals surface area contributed by atoms with Gasteiger partial charge in [0.25, 0.3) is 0 Å². The Hall–Kier alpha value is -1.61. The van der Waals surface area contributed by atoms with Crippen molar-refractivity contribution in [2.45, 2.75) is 30.7 Å². The van der Waals surface area contributed by atoms with Crippen molar-refractivity contribution in [2.24, 2.45) is 0 Å². The van der Waals surface area contributed by atoms with Crippen LogP contribution in [0.25, 0.3) is 0 Å². The van der Waals surface area contributed by atoms with Crippen molar-refractivity contribution in [1.82, 2.24) is 9.62 Å². The van der Waals surface area contributed by atoms with Crippen LogP contribution in [0, 0.1) is 17.5 Å². The van der Waals surface area contributed by atoms with Gasteiger partial charge in [0.05, 0.1) is 0 Å². The quantitative estimate of drug-likeness (QED) is 0.849. The second-order valence-corrected chi connectivity index (χ2v) is 6.76. The molecule has 0 atom stereocenters. The third-order valence-corrected chi connectivity index (χ3v) is 5.09. The van der Waals surface area contributed by atoms with Gasteiger partial charge in [0.1, 0.15) is 4.90 Å². The molecule has 1 aromatic carbocycles. The lowest BCUT2D eigenvalue weighted by Crippen LogP contribution is -2.46. The van der Waals surface area contributed by atoms with Crippen LogP contribution in [0.3, 0.4) is 0 Å². The Morgan fingerprint density at radius 1 is 1.18 bits per heavy atom. The molecule has 22 heavy (non-hydrogen) atoms. The number of piperidine rings is 1. The molecule has 5 nitrogen and oxygen atoms in total. The fourth-order valence-corrected chi connectivity index (χ4v) is 3.69. The Balaban J connectivity index is 2.13. The smallest absolute Gasteiger partial charge is 0.243 e. The highest BCUT2D eigenvalue weighted by molar-refractivity contribution is 7.89. The normalized spacial score (nSPS) is 16.8. The van der Waals surface area contributed by atoms with Gasteiger partial charge in [-0.3, -0.25) is 4.79 Å². The van der Waals surface area contributed by atoms with E-state index in [1.165, 1.54) is 6.92 Å². The van der Waals surface area contributed by atoms with Crippen LogP contribution < -0.4 is 4.72 Å². The molecule has 0 spiro atoms. The third kappa shape index (κ3) is 3.41. The van der Waals surface area contributed by atoms with Crippen molar-refractivity contribution >= 4 is 15.9 Å². The Bertz CT molecular complexity index is 686. The predicted molar refractivity (Wildman–Crippen MR) is 71.9 cm³/mol. The van der Waals surface area contributed by atoms with Crippen molar-refractivity contribution < 1.29 is 26.4 Å². The lowest BCUT2D eigenvalue weighted by molar-refractivity contribution is -0.129. The van der Waals surface area contributed by atoms with E-state index in [4.69, 9.17) is 0 Å². The van der Waals surface area contributed by atoms with Crippen molar-refractivity contribution in [3.05, 3.63) is 29.6 Å². The van der Waals surface area contributed by atoms with Gasteiger partial charge in [-0.2, -0.15) is 0 Å². The number of hydrogen-bond acceptors (Lipinski definition) is 3. The highest BCUT2D eigenvalue weighted by Gasteiger charge is 2.29. The Morgan fingerprint density at radius 3 is 2.32 bits per heavy atom. The van der Waals surface area contributed by atoms with E-state index in [0.29, 0.717) is 38.1 Å². The first kappa shape index (κ1) is 16.8. The van der Waals surface area contributed by atoms with E-state index in [2.05, 4.69) is 4.72 Å². The summed E-state index contributed by atoms with van der Waals surface area (Å²) in [5, 5.41) is 0. The minimum absolute atomic E-state index is 0.104. The number of carbonyl (C=O) groups excluding carboxylic acids is 1. The molecule has 1 N–H and O–H groups in total. The van der Waals surface area contributed by atoms with Gasteiger partial charge in [-0.1, -0.05) is 0 Å². The largest absolute Gasteiger partial charge is 0.343 e. The molecule has 0 saturated carbocycles. The fraction of sp³-hybridized carbons (Fsp3) is 0.462. The Morgan fingerprint density at radius 2 is 1.77 bits per heavy atom. The molecule has 0 bridgehead atoms. The Kier molecular flexibility index (Phi) is 4.76. The monoisotopic (exact) mass is 336 g/mol. The third-order valence-electron chi connectivity index (χ3n) is 3.55. The Labute approximate surface area is 126 Å². The topological polar surface area (TPSA) is 66.5 Å². The van der Waals surface area contributed by atoms with Gasteiger partial charge in [-0.15, -0.1) is 0 Å². The lowest BCUT2D eigenvalue weighted by atomic mass is 10.1. The van der Waals surface area contributed by atoms with Crippen molar-refractivity contribution in [3.63, 3.8) is 0 Å². The number of rotatable bonds is 3. The zero-order valence-electron chi connectivity index (χ0n) is 11.8. The molecule has 1 aliphatic heterocycles. The number of hydrogen-bond donors (Lipinski definition) is 1. The van der Waals surface area contributed by atoms with Gasteiger partial charge in [-0.25, -0.2) is 26.3 Å². The van der Waals surface area contributed by atoms with E-state index in [-0.39, 0.29) is 5.91 Å².